The summed E-state index contributed by atoms with van der Waals surface area (Å²) >= 11 is 0. The maximum atomic E-state index is 15.2. The molecule has 660 valence electrons. The number of aliphatic carboxylic acids is 1. The molecule has 16 atom stereocenters. The number of carboxylic acids is 1. The Kier molecular flexibility index (Phi) is 41.0. The van der Waals surface area contributed by atoms with Gasteiger partial charge in [-0.15, -0.1) is 0 Å². The lowest BCUT2D eigenvalue weighted by atomic mass is 10.0. The number of imidazole rings is 1. The predicted octanol–water partition coefficient (Wildman–Crippen LogP) is -11.3. The van der Waals surface area contributed by atoms with Crippen molar-refractivity contribution in [3.63, 3.8) is 0 Å². The van der Waals surface area contributed by atoms with Crippen LogP contribution in [0.5, 0.6) is 0 Å². The van der Waals surface area contributed by atoms with E-state index in [1.165, 1.54) is 18.7 Å². The van der Waals surface area contributed by atoms with Crippen molar-refractivity contribution in [2.75, 3.05) is 67.4 Å². The second-order valence-corrected chi connectivity index (χ2v) is 34.9. The number of primary amides is 2. The fourth-order valence-electron chi connectivity index (χ4n) is 11.4. The van der Waals surface area contributed by atoms with Crippen LogP contribution in [0.15, 0.2) is 43.0 Å². The smallest absolute Gasteiger partial charge is 0.305 e. The summed E-state index contributed by atoms with van der Waals surface area (Å²) in [7, 11) is 4.47. The van der Waals surface area contributed by atoms with Gasteiger partial charge in [0, 0.05) is 82.9 Å². The van der Waals surface area contributed by atoms with E-state index in [1.54, 1.807) is 24.3 Å². The highest BCUT2D eigenvalue weighted by atomic mass is 33.1. The third-order valence-electron chi connectivity index (χ3n) is 18.0. The number of carbonyl (C=O) groups excluding carboxylic acids is 17. The number of hydrogen-bond donors (Lipinski definition) is 28. The molecule has 0 saturated carbocycles. The summed E-state index contributed by atoms with van der Waals surface area (Å²) in [6.07, 6.45) is 0.509. The normalized spacial score (nSPS) is 27.2. The highest BCUT2D eigenvalue weighted by molar-refractivity contribution is 8.77. The Labute approximate surface area is 707 Å². The second kappa shape index (κ2) is 50.0. The Morgan fingerprint density at radius 3 is 1.38 bits per heavy atom. The zero-order valence-electron chi connectivity index (χ0n) is 64.3. The average Bonchev–Trinajstić information content (AvgIpc) is 1.66. The van der Waals surface area contributed by atoms with E-state index in [4.69, 9.17) is 34.1 Å². The van der Waals surface area contributed by atoms with Crippen LogP contribution in [0.4, 0.5) is 0 Å². The van der Waals surface area contributed by atoms with Gasteiger partial charge in [-0.3, -0.25) is 91.7 Å². The van der Waals surface area contributed by atoms with Crippen LogP contribution in [0.3, 0.4) is 0 Å². The van der Waals surface area contributed by atoms with Gasteiger partial charge >= 0.3 is 5.97 Å². The predicted molar refractivity (Wildman–Crippen MR) is 440 cm³/mol. The van der Waals surface area contributed by atoms with E-state index in [0.717, 1.165) is 60.9 Å². The second-order valence-electron chi connectivity index (χ2n) is 27.2. The van der Waals surface area contributed by atoms with Crippen LogP contribution >= 0.6 is 64.8 Å². The number of amides is 17. The Balaban J connectivity index is 1.57. The first kappa shape index (κ1) is 98.4. The molecule has 3 aliphatic heterocycles. The maximum absolute atomic E-state index is 15.2. The van der Waals surface area contributed by atoms with E-state index in [2.05, 4.69) is 100 Å². The molecule has 0 aliphatic carbocycles. The van der Waals surface area contributed by atoms with E-state index < -0.39 is 283 Å². The molecule has 4 bridgehead atoms. The molecule has 3 aliphatic rings. The molecule has 33 N–H and O–H groups in total. The highest BCUT2D eigenvalue weighted by Gasteiger charge is 2.40. The molecule has 5 heterocycles. The van der Waals surface area contributed by atoms with Crippen molar-refractivity contribution in [1.29, 1.82) is 5.41 Å². The standard InChI is InChI=1S/C67H99N25O22S6/c1-29-52(100)81-40(16-50(97)98)59(107)83-38(14-31-18-74-28-77-31)57(105)85-41(19-93)60(108)80-36(10-6-12-75-67(72)73)55(103)90-48-27-120-119-25-46-64(112)84-39(15-49(70)96)58(106)92-47(26-118-116-23-44(51(71)99)88-66(48)114)65(113)87-43(21-95)62(110)86-42(20-94)61(109)79-35(9-4-5-11-68)54(102)82-37(13-30-17-76-34-8-3-2-7-32(30)34)56(104)91-45(63(111)78-29)24-117-115-22-33(69)53(101)89-46/h2-3,7-8,17-18,28-29,33,35-48,76,93-95H,4-6,9-16,19-27,68-69H2,1H3,(H2,70,96)(H2,71,99)(H,74,77)(H,78,111)(H,79,109)(H,80,108)(H,81,100)(H,82,102)(H,83,107)(H,84,112)(H,85,105)(H,86,110)(H,87,113)(H,88,114)(H,89,101)(H,90,103)(H,91,104)(H,92,106)(H,97,98)(H4,72,73,75)/t29-,33-,35-,36-,37-,38-,39+,40-,41-,42-,43-,44-,45-,46-,47-,48-/m0/s1. The summed E-state index contributed by atoms with van der Waals surface area (Å²) in [5.74, 6) is -26.1. The summed E-state index contributed by atoms with van der Waals surface area (Å²) in [6, 6.07) is -22.8. The molecule has 17 amide bonds. The number of hydrogen-bond acceptors (Lipinski definition) is 31. The summed E-state index contributed by atoms with van der Waals surface area (Å²) in [5, 5.41) is 88.8. The summed E-state index contributed by atoms with van der Waals surface area (Å²) < 4.78 is 0. The quantitative estimate of drug-likeness (QED) is 0.0216. The maximum Gasteiger partial charge on any atom is 0.305 e. The van der Waals surface area contributed by atoms with E-state index in [-0.39, 0.29) is 57.3 Å². The Hall–Kier alpha value is -10.4. The fourth-order valence-corrected chi connectivity index (χ4v) is 18.4. The van der Waals surface area contributed by atoms with E-state index in [0.29, 0.717) is 27.3 Å². The van der Waals surface area contributed by atoms with Crippen LogP contribution in [-0.2, 0) is 99.1 Å². The van der Waals surface area contributed by atoms with Crippen molar-refractivity contribution in [3.8, 4) is 0 Å². The van der Waals surface area contributed by atoms with Gasteiger partial charge in [0.15, 0.2) is 5.96 Å². The van der Waals surface area contributed by atoms with Crippen LogP contribution < -0.4 is 114 Å². The van der Waals surface area contributed by atoms with Gasteiger partial charge in [-0.05, 0) is 57.2 Å². The summed E-state index contributed by atoms with van der Waals surface area (Å²) in [5.41, 5.74) is 30.4. The number of fused-ring (bicyclic) bond motifs is 17. The lowest BCUT2D eigenvalue weighted by Gasteiger charge is -2.27. The monoisotopic (exact) mass is 1800 g/mol. The van der Waals surface area contributed by atoms with Gasteiger partial charge in [0.2, 0.25) is 100 Å². The number of aromatic nitrogens is 3. The first-order valence-corrected chi connectivity index (χ1v) is 44.6. The van der Waals surface area contributed by atoms with Gasteiger partial charge in [0.1, 0.15) is 90.6 Å². The van der Waals surface area contributed by atoms with Crippen LogP contribution in [0.2, 0.25) is 0 Å². The number of benzene rings is 1. The Bertz CT molecular complexity index is 4160. The van der Waals surface area contributed by atoms with Crippen LogP contribution in [0.1, 0.15) is 63.1 Å². The van der Waals surface area contributed by atoms with E-state index in [1.807, 2.05) is 0 Å². The number of H-pyrrole nitrogens is 2. The number of unbranched alkanes of at least 4 members (excludes halogenated alkanes) is 1. The number of aliphatic hydroxyl groups is 3. The molecular formula is C67H99N25O22S6. The lowest BCUT2D eigenvalue weighted by molar-refractivity contribution is -0.141. The van der Waals surface area contributed by atoms with E-state index >= 15 is 4.79 Å². The zero-order valence-corrected chi connectivity index (χ0v) is 69.2. The molecule has 3 saturated heterocycles. The minimum atomic E-state index is -2.10. The van der Waals surface area contributed by atoms with Crippen LogP contribution in [0, 0.1) is 5.41 Å². The number of nitrogens with zero attached hydrogens (tertiary/aromatic N) is 1. The van der Waals surface area contributed by atoms with Crippen LogP contribution in [0.25, 0.3) is 10.9 Å². The minimum Gasteiger partial charge on any atom is -0.481 e. The molecule has 3 aromatic rings. The van der Waals surface area contributed by atoms with Gasteiger partial charge in [-0.2, -0.15) is 0 Å². The van der Waals surface area contributed by atoms with Gasteiger partial charge in [0.25, 0.3) is 0 Å². The first-order valence-electron chi connectivity index (χ1n) is 37.1. The molecule has 0 unspecified atom stereocenters. The molecule has 2 aromatic heterocycles. The molecule has 47 nitrogen and oxygen atoms in total. The zero-order chi connectivity index (χ0) is 88.3. The number of carbonyl (C=O) groups is 18. The first-order chi connectivity index (χ1) is 57.1. The van der Waals surface area contributed by atoms with Gasteiger partial charge < -0.3 is 144 Å². The topological polar surface area (TPSA) is 779 Å². The average molecular weight is 1800 g/mol. The fraction of sp³-hybridized carbons (Fsp3) is 0.552. The summed E-state index contributed by atoms with van der Waals surface area (Å²) in [6.45, 7) is -2.68. The van der Waals surface area contributed by atoms with Gasteiger partial charge in [0.05, 0.1) is 45.0 Å². The number of guanidine groups is 1. The molecule has 1 aromatic carbocycles. The number of nitrogens with two attached hydrogens (primary N) is 5. The third kappa shape index (κ3) is 32.0. The van der Waals surface area contributed by atoms with Crippen molar-refractivity contribution in [1.82, 2.24) is 100 Å². The molecule has 53 heteroatoms. The molecule has 0 radical (unpaired) electrons. The van der Waals surface area contributed by atoms with Crippen molar-refractivity contribution in [2.45, 2.75) is 161 Å². The lowest BCUT2D eigenvalue weighted by Crippen LogP contribution is -2.62. The van der Waals surface area contributed by atoms with Crippen molar-refractivity contribution >= 4 is 188 Å². The van der Waals surface area contributed by atoms with Crippen molar-refractivity contribution in [2.24, 2.45) is 28.7 Å². The van der Waals surface area contributed by atoms with E-state index in [9.17, 15) is 102 Å². The molecule has 0 spiro atoms. The molecular weight excluding hydrogens is 1700 g/mol. The van der Waals surface area contributed by atoms with Crippen molar-refractivity contribution < 1.29 is 107 Å². The number of para-hydroxylation sites is 1. The number of rotatable bonds is 20. The number of carboxylic acid groups (broad SMARTS) is 1. The highest BCUT2D eigenvalue weighted by Crippen LogP contribution is 2.28. The molecule has 6 rings (SSSR count). The van der Waals surface area contributed by atoms with Gasteiger partial charge in [-0.25, -0.2) is 4.98 Å². The van der Waals surface area contributed by atoms with Gasteiger partial charge in [-0.1, -0.05) is 83.0 Å². The Morgan fingerprint density at radius 1 is 0.467 bits per heavy atom. The number of aromatic amines is 2. The SMILES string of the molecule is C[C@@H]1NC(=O)[C@@H]2CSSC[C@H](N)C(=O)N[C@H]3CSSC[C@H](NC(=O)[C@H](CCCNC(=N)N)NC(=O)[C@H](CO)NC(=O)[C@H](Cc4cnc[nH]4)NC(=O)[C@H](CC(=O)O)NC1=O)C(=O)N[C@H](C(N)=O)CSSC[C@H](NC(=O)[C@@H](CC(N)=O)NC3=O)C(=O)N[C@@H](CO)C(=O)N[C@@H](CO)C(=O)N[C@@H](CCCCN)C(=O)N[C@@H](Cc1c[nH]c3ccccc13)C(=O)N2. The van der Waals surface area contributed by atoms with Crippen molar-refractivity contribution in [3.05, 3.63) is 54.2 Å². The number of nitrogens with one attached hydrogen (secondary N) is 19. The largest absolute Gasteiger partial charge is 0.481 e. The molecule has 3 fully saturated rings. The summed E-state index contributed by atoms with van der Waals surface area (Å²) in [4.78, 5) is 267. The minimum absolute atomic E-state index is 0.0792. The number of aliphatic hydroxyl groups excluding tert-OH is 3. The third-order valence-corrected chi connectivity index (χ3v) is 25.3. The van der Waals surface area contributed by atoms with Crippen LogP contribution in [-0.4, -0.2) is 312 Å². The Morgan fingerprint density at radius 2 is 0.875 bits per heavy atom. The molecule has 120 heavy (non-hydrogen) atoms.